The van der Waals surface area contributed by atoms with E-state index in [9.17, 15) is 4.79 Å². The van der Waals surface area contributed by atoms with E-state index >= 15 is 0 Å². The quantitative estimate of drug-likeness (QED) is 0.455. The van der Waals surface area contributed by atoms with Gasteiger partial charge >= 0.3 is 5.97 Å². The van der Waals surface area contributed by atoms with Gasteiger partial charge in [-0.2, -0.15) is 0 Å². The van der Waals surface area contributed by atoms with E-state index < -0.39 is 5.41 Å². The van der Waals surface area contributed by atoms with Gasteiger partial charge in [0.05, 0.1) is 5.41 Å². The van der Waals surface area contributed by atoms with Gasteiger partial charge in [0, 0.05) is 11.8 Å². The minimum absolute atomic E-state index is 0.00161. The van der Waals surface area contributed by atoms with Crippen LogP contribution in [-0.2, 0) is 9.53 Å². The molecule has 0 heterocycles. The van der Waals surface area contributed by atoms with Gasteiger partial charge < -0.3 is 4.74 Å². The highest BCUT2D eigenvalue weighted by Gasteiger charge is 2.50. The lowest BCUT2D eigenvalue weighted by Crippen LogP contribution is -2.51. The van der Waals surface area contributed by atoms with E-state index in [0.717, 1.165) is 19.3 Å². The van der Waals surface area contributed by atoms with Crippen molar-refractivity contribution >= 4 is 5.97 Å². The minimum atomic E-state index is -0.452. The summed E-state index contributed by atoms with van der Waals surface area (Å²) in [5.74, 6) is 1.74. The average Bonchev–Trinajstić information content (AvgIpc) is 2.44. The second kappa shape index (κ2) is 8.31. The monoisotopic (exact) mass is 394 g/mol. The Hall–Kier alpha value is -0.530. The van der Waals surface area contributed by atoms with E-state index in [1.807, 2.05) is 0 Å². The highest BCUT2D eigenvalue weighted by Crippen LogP contribution is 2.51. The van der Waals surface area contributed by atoms with Crippen LogP contribution in [0.1, 0.15) is 109 Å². The fourth-order valence-corrected chi connectivity index (χ4v) is 5.24. The van der Waals surface area contributed by atoms with Crippen LogP contribution >= 0.6 is 0 Å². The Labute approximate surface area is 176 Å². The summed E-state index contributed by atoms with van der Waals surface area (Å²) in [7, 11) is 0. The number of hydrogen-bond acceptors (Lipinski definition) is 2. The predicted molar refractivity (Wildman–Crippen MR) is 121 cm³/mol. The third kappa shape index (κ3) is 6.23. The van der Waals surface area contributed by atoms with E-state index in [0.29, 0.717) is 17.8 Å². The van der Waals surface area contributed by atoms with Gasteiger partial charge in [-0.1, -0.05) is 83.1 Å². The number of carbonyl (C=O) groups is 1. The molecule has 0 saturated heterocycles. The summed E-state index contributed by atoms with van der Waals surface area (Å²) >= 11 is 0. The molecular formula is C26H50O2. The standard InChI is InChI=1S/C26H50O2/c1-17(2)26(13,16-23(4,5)6)22(27)28-21-19(24(7,8)9)14-18(3)15-20(21)25(10,11)12/h17-21H,14-16H2,1-13H3. The van der Waals surface area contributed by atoms with E-state index in [2.05, 4.69) is 90.0 Å². The summed E-state index contributed by atoms with van der Waals surface area (Å²) in [6.07, 6.45) is 3.14. The Morgan fingerprint density at radius 1 is 0.857 bits per heavy atom. The van der Waals surface area contributed by atoms with Crippen molar-refractivity contribution < 1.29 is 9.53 Å². The largest absolute Gasteiger partial charge is 0.461 e. The first-order valence-corrected chi connectivity index (χ1v) is 11.5. The van der Waals surface area contributed by atoms with Crippen LogP contribution in [0, 0.1) is 45.3 Å². The lowest BCUT2D eigenvalue weighted by atomic mass is 9.59. The number of ether oxygens (including phenoxy) is 1. The van der Waals surface area contributed by atoms with Gasteiger partial charge in [-0.05, 0) is 54.3 Å². The average molecular weight is 395 g/mol. The van der Waals surface area contributed by atoms with Crippen LogP contribution in [-0.4, -0.2) is 12.1 Å². The van der Waals surface area contributed by atoms with Gasteiger partial charge in [0.1, 0.15) is 6.10 Å². The maximum absolute atomic E-state index is 13.7. The zero-order valence-corrected chi connectivity index (χ0v) is 21.3. The highest BCUT2D eigenvalue weighted by atomic mass is 16.5. The van der Waals surface area contributed by atoms with Crippen molar-refractivity contribution in [3.05, 3.63) is 0 Å². The van der Waals surface area contributed by atoms with Crippen LogP contribution in [0.25, 0.3) is 0 Å². The van der Waals surface area contributed by atoms with Gasteiger partial charge in [0.25, 0.3) is 0 Å². The smallest absolute Gasteiger partial charge is 0.312 e. The summed E-state index contributed by atoms with van der Waals surface area (Å²) in [5.41, 5.74) is -0.110. The molecule has 0 amide bonds. The van der Waals surface area contributed by atoms with Crippen molar-refractivity contribution in [2.45, 2.75) is 115 Å². The molecule has 0 aromatic carbocycles. The second-order valence-electron chi connectivity index (χ2n) is 13.7. The van der Waals surface area contributed by atoms with Crippen LogP contribution < -0.4 is 0 Å². The summed E-state index contributed by atoms with van der Waals surface area (Å²) in [5, 5.41) is 0. The Balaban J connectivity index is 3.30. The highest BCUT2D eigenvalue weighted by molar-refractivity contribution is 5.77. The van der Waals surface area contributed by atoms with E-state index in [1.54, 1.807) is 0 Å². The molecule has 3 unspecified atom stereocenters. The zero-order valence-electron chi connectivity index (χ0n) is 21.3. The Bertz CT molecular complexity index is 502. The lowest BCUT2D eigenvalue weighted by molar-refractivity contribution is -0.184. The summed E-state index contributed by atoms with van der Waals surface area (Å²) in [4.78, 5) is 13.7. The molecular weight excluding hydrogens is 344 g/mol. The number of rotatable bonds is 4. The van der Waals surface area contributed by atoms with Gasteiger partial charge in [0.2, 0.25) is 0 Å². The maximum Gasteiger partial charge on any atom is 0.312 e. The molecule has 3 atom stereocenters. The van der Waals surface area contributed by atoms with Crippen LogP contribution in [0.3, 0.4) is 0 Å². The second-order valence-corrected chi connectivity index (χ2v) is 13.7. The maximum atomic E-state index is 13.7. The molecule has 0 N–H and O–H groups in total. The van der Waals surface area contributed by atoms with Crippen LogP contribution in [0.15, 0.2) is 0 Å². The zero-order chi connectivity index (χ0) is 22.3. The lowest BCUT2D eigenvalue weighted by Gasteiger charge is -2.51. The number of carbonyl (C=O) groups excluding carboxylic acids is 1. The molecule has 2 nitrogen and oxygen atoms in total. The molecule has 1 fully saturated rings. The minimum Gasteiger partial charge on any atom is -0.461 e. The number of hydrogen-bond donors (Lipinski definition) is 0. The van der Waals surface area contributed by atoms with Crippen molar-refractivity contribution in [1.82, 2.24) is 0 Å². The molecule has 0 aromatic rings. The predicted octanol–water partition coefficient (Wildman–Crippen LogP) is 7.75. The first kappa shape index (κ1) is 25.5. The third-order valence-electron chi connectivity index (χ3n) is 7.21. The molecule has 0 aromatic heterocycles. The van der Waals surface area contributed by atoms with Crippen molar-refractivity contribution in [3.8, 4) is 0 Å². The summed E-state index contributed by atoms with van der Waals surface area (Å²) in [6, 6.07) is 0. The summed E-state index contributed by atoms with van der Waals surface area (Å²) < 4.78 is 6.55. The SMILES string of the molecule is CC1CC(C(C)(C)C)C(OC(=O)C(C)(CC(C)(C)C)C(C)C)C(C(C)(C)C)C1. The fourth-order valence-electron chi connectivity index (χ4n) is 5.24. The van der Waals surface area contributed by atoms with Crippen LogP contribution in [0.4, 0.5) is 0 Å². The van der Waals surface area contributed by atoms with E-state index in [4.69, 9.17) is 4.74 Å². The van der Waals surface area contributed by atoms with Gasteiger partial charge in [-0.3, -0.25) is 4.79 Å². The molecule has 1 aliphatic carbocycles. The Kier molecular flexibility index (Phi) is 7.57. The van der Waals surface area contributed by atoms with Gasteiger partial charge in [0.15, 0.2) is 0 Å². The van der Waals surface area contributed by atoms with Crippen molar-refractivity contribution in [3.63, 3.8) is 0 Å². The fraction of sp³-hybridized carbons (Fsp3) is 0.962. The van der Waals surface area contributed by atoms with Gasteiger partial charge in [-0.25, -0.2) is 0 Å². The molecule has 1 saturated carbocycles. The van der Waals surface area contributed by atoms with E-state index in [1.165, 1.54) is 0 Å². The molecule has 1 aliphatic rings. The molecule has 0 bridgehead atoms. The normalized spacial score (nSPS) is 29.5. The topological polar surface area (TPSA) is 26.3 Å². The molecule has 166 valence electrons. The molecule has 2 heteroatoms. The van der Waals surface area contributed by atoms with Crippen LogP contribution in [0.5, 0.6) is 0 Å². The Morgan fingerprint density at radius 3 is 1.54 bits per heavy atom. The first-order chi connectivity index (χ1) is 12.3. The molecule has 28 heavy (non-hydrogen) atoms. The van der Waals surface area contributed by atoms with Gasteiger partial charge in [-0.15, -0.1) is 0 Å². The molecule has 0 spiro atoms. The van der Waals surface area contributed by atoms with Crippen LogP contribution in [0.2, 0.25) is 0 Å². The van der Waals surface area contributed by atoms with Crippen molar-refractivity contribution in [2.24, 2.45) is 45.3 Å². The van der Waals surface area contributed by atoms with Crippen molar-refractivity contribution in [2.75, 3.05) is 0 Å². The molecule has 0 aliphatic heterocycles. The first-order valence-electron chi connectivity index (χ1n) is 11.5. The van der Waals surface area contributed by atoms with E-state index in [-0.39, 0.29) is 34.2 Å². The van der Waals surface area contributed by atoms with Crippen molar-refractivity contribution in [1.29, 1.82) is 0 Å². The Morgan fingerprint density at radius 2 is 1.25 bits per heavy atom. The summed E-state index contributed by atoms with van der Waals surface area (Å²) in [6.45, 7) is 29.4. The molecule has 1 rings (SSSR count). The molecule has 0 radical (unpaired) electrons. The number of esters is 1. The third-order valence-corrected chi connectivity index (χ3v) is 7.21.